The molecule has 0 N–H and O–H groups in total. The monoisotopic (exact) mass is 624 g/mol. The fourth-order valence-corrected chi connectivity index (χ4v) is 7.26. The molecule has 0 saturated carbocycles. The van der Waals surface area contributed by atoms with Crippen molar-refractivity contribution in [1.82, 2.24) is 19.5 Å². The van der Waals surface area contributed by atoms with E-state index in [1.165, 1.54) is 32.6 Å². The summed E-state index contributed by atoms with van der Waals surface area (Å²) >= 11 is 0. The van der Waals surface area contributed by atoms with Gasteiger partial charge in [-0.05, 0) is 58.6 Å². The van der Waals surface area contributed by atoms with Crippen LogP contribution >= 0.6 is 0 Å². The van der Waals surface area contributed by atoms with Gasteiger partial charge in [0.1, 0.15) is 5.69 Å². The van der Waals surface area contributed by atoms with Crippen molar-refractivity contribution in [3.8, 4) is 39.7 Å². The van der Waals surface area contributed by atoms with Crippen LogP contribution in [-0.4, -0.2) is 19.5 Å². The summed E-state index contributed by atoms with van der Waals surface area (Å²) < 4.78 is 2.42. The van der Waals surface area contributed by atoms with Gasteiger partial charge in [0.15, 0.2) is 5.82 Å². The maximum atomic E-state index is 5.20. The first kappa shape index (κ1) is 27.5. The number of aromatic nitrogens is 4. The quantitative estimate of drug-likeness (QED) is 0.196. The molecule has 3 heterocycles. The SMILES string of the molecule is c1ccc(-c2cc(-c3ccc(-n4c5ccccc5c5cc6ccccc6cc54)c4ccccc34)nc(-c3ccc4ccccc4n3)n2)cc1. The number of nitrogens with zero attached hydrogens (tertiary/aromatic N) is 4. The summed E-state index contributed by atoms with van der Waals surface area (Å²) in [6.45, 7) is 0. The summed E-state index contributed by atoms with van der Waals surface area (Å²) in [6.07, 6.45) is 0. The van der Waals surface area contributed by atoms with Crippen molar-refractivity contribution < 1.29 is 0 Å². The highest BCUT2D eigenvalue weighted by atomic mass is 15.0. The molecule has 49 heavy (non-hydrogen) atoms. The first-order valence-electron chi connectivity index (χ1n) is 16.5. The van der Waals surface area contributed by atoms with Gasteiger partial charge < -0.3 is 4.57 Å². The molecule has 4 nitrogen and oxygen atoms in total. The van der Waals surface area contributed by atoms with Crippen LogP contribution in [-0.2, 0) is 0 Å². The van der Waals surface area contributed by atoms with Gasteiger partial charge in [0.2, 0.25) is 0 Å². The average molecular weight is 625 g/mol. The third-order valence-corrected chi connectivity index (χ3v) is 9.58. The van der Waals surface area contributed by atoms with E-state index in [4.69, 9.17) is 15.0 Å². The molecule has 0 aliphatic heterocycles. The summed E-state index contributed by atoms with van der Waals surface area (Å²) in [5, 5.41) is 8.33. The van der Waals surface area contributed by atoms with Gasteiger partial charge in [-0.15, -0.1) is 0 Å². The third-order valence-electron chi connectivity index (χ3n) is 9.58. The topological polar surface area (TPSA) is 43.6 Å². The highest BCUT2D eigenvalue weighted by Gasteiger charge is 2.18. The fourth-order valence-electron chi connectivity index (χ4n) is 7.26. The van der Waals surface area contributed by atoms with Crippen LogP contribution in [0.15, 0.2) is 170 Å². The average Bonchev–Trinajstić information content (AvgIpc) is 3.49. The van der Waals surface area contributed by atoms with Crippen LogP contribution < -0.4 is 0 Å². The van der Waals surface area contributed by atoms with E-state index in [1.807, 2.05) is 42.5 Å². The van der Waals surface area contributed by atoms with E-state index in [-0.39, 0.29) is 0 Å². The van der Waals surface area contributed by atoms with Crippen molar-refractivity contribution in [1.29, 1.82) is 0 Å². The minimum Gasteiger partial charge on any atom is -0.309 e. The summed E-state index contributed by atoms with van der Waals surface area (Å²) in [7, 11) is 0. The normalized spacial score (nSPS) is 11.7. The van der Waals surface area contributed by atoms with Gasteiger partial charge in [-0.25, -0.2) is 15.0 Å². The second-order valence-electron chi connectivity index (χ2n) is 12.5. The Bertz CT molecular complexity index is 2890. The van der Waals surface area contributed by atoms with Gasteiger partial charge in [0.05, 0.1) is 33.6 Å². The lowest BCUT2D eigenvalue weighted by molar-refractivity contribution is 1.16. The maximum absolute atomic E-state index is 5.20. The Morgan fingerprint density at radius 1 is 0.367 bits per heavy atom. The molecule has 0 fully saturated rings. The van der Waals surface area contributed by atoms with Crippen molar-refractivity contribution in [3.05, 3.63) is 170 Å². The standard InChI is InChI=1S/C45H28N4/c1-2-12-29(13-3-1)40-28-41(48-45(47-40)39-24-22-30-14-6-10-20-38(30)46-39)34-23-25-43(35-18-8-7-17-33(34)35)49-42-21-11-9-19-36(42)37-26-31-15-4-5-16-32(31)27-44(37)49/h1-28H. The molecule has 0 aliphatic carbocycles. The minimum atomic E-state index is 0.601. The second-order valence-corrected chi connectivity index (χ2v) is 12.5. The molecule has 228 valence electrons. The van der Waals surface area contributed by atoms with Gasteiger partial charge in [0, 0.05) is 32.7 Å². The summed E-state index contributed by atoms with van der Waals surface area (Å²) in [4.78, 5) is 15.2. The Morgan fingerprint density at radius 3 is 1.90 bits per heavy atom. The molecule has 0 amide bonds. The fraction of sp³-hybridized carbons (Fsp3) is 0. The zero-order valence-electron chi connectivity index (χ0n) is 26.5. The number of para-hydroxylation sites is 2. The van der Waals surface area contributed by atoms with Crippen molar-refractivity contribution in [2.75, 3.05) is 0 Å². The molecule has 10 rings (SSSR count). The molecule has 0 atom stereocenters. The molecule has 0 aliphatic rings. The van der Waals surface area contributed by atoms with Crippen LogP contribution in [0.1, 0.15) is 0 Å². The van der Waals surface area contributed by atoms with Crippen molar-refractivity contribution in [2.24, 2.45) is 0 Å². The number of pyridine rings is 1. The van der Waals surface area contributed by atoms with Crippen molar-refractivity contribution in [2.45, 2.75) is 0 Å². The van der Waals surface area contributed by atoms with E-state index in [0.29, 0.717) is 5.82 Å². The van der Waals surface area contributed by atoms with Crippen LogP contribution in [0, 0.1) is 0 Å². The molecule has 0 unspecified atom stereocenters. The lowest BCUT2D eigenvalue weighted by Gasteiger charge is -2.16. The first-order valence-corrected chi connectivity index (χ1v) is 16.5. The zero-order valence-corrected chi connectivity index (χ0v) is 26.5. The second kappa shape index (κ2) is 11.0. The summed E-state index contributed by atoms with van der Waals surface area (Å²) in [6, 6.07) is 59.8. The Morgan fingerprint density at radius 2 is 1.04 bits per heavy atom. The predicted octanol–water partition coefficient (Wildman–Crippen LogP) is 11.4. The number of fused-ring (bicyclic) bond motifs is 6. The first-order chi connectivity index (χ1) is 24.3. The Kier molecular flexibility index (Phi) is 6.15. The summed E-state index contributed by atoms with van der Waals surface area (Å²) in [5.74, 6) is 0.601. The van der Waals surface area contributed by atoms with Crippen LogP contribution in [0.5, 0.6) is 0 Å². The molecule has 0 spiro atoms. The van der Waals surface area contributed by atoms with E-state index >= 15 is 0 Å². The van der Waals surface area contributed by atoms with E-state index in [0.717, 1.165) is 55.6 Å². The van der Waals surface area contributed by atoms with Crippen LogP contribution in [0.25, 0.3) is 94.0 Å². The largest absolute Gasteiger partial charge is 0.309 e. The van der Waals surface area contributed by atoms with Crippen LogP contribution in [0.3, 0.4) is 0 Å². The Balaban J connectivity index is 1.22. The van der Waals surface area contributed by atoms with Crippen molar-refractivity contribution >= 4 is 54.3 Å². The smallest absolute Gasteiger partial charge is 0.179 e. The Hall–Kier alpha value is -6.65. The third kappa shape index (κ3) is 4.49. The van der Waals surface area contributed by atoms with E-state index < -0.39 is 0 Å². The number of benzene rings is 7. The maximum Gasteiger partial charge on any atom is 0.179 e. The molecular weight excluding hydrogens is 597 g/mol. The molecule has 7 aromatic carbocycles. The van der Waals surface area contributed by atoms with E-state index in [9.17, 15) is 0 Å². The highest BCUT2D eigenvalue weighted by molar-refractivity contribution is 6.15. The zero-order chi connectivity index (χ0) is 32.3. The van der Waals surface area contributed by atoms with E-state index in [1.54, 1.807) is 0 Å². The number of hydrogen-bond donors (Lipinski definition) is 0. The number of rotatable bonds is 4. The van der Waals surface area contributed by atoms with Gasteiger partial charge in [-0.1, -0.05) is 127 Å². The lowest BCUT2D eigenvalue weighted by Crippen LogP contribution is -1.99. The van der Waals surface area contributed by atoms with Gasteiger partial charge in [0.25, 0.3) is 0 Å². The summed E-state index contributed by atoms with van der Waals surface area (Å²) in [5.41, 5.74) is 8.97. The molecule has 3 aromatic heterocycles. The molecule has 4 heteroatoms. The highest BCUT2D eigenvalue weighted by Crippen LogP contribution is 2.39. The van der Waals surface area contributed by atoms with Gasteiger partial charge >= 0.3 is 0 Å². The molecule has 10 aromatic rings. The van der Waals surface area contributed by atoms with Crippen molar-refractivity contribution in [3.63, 3.8) is 0 Å². The molecule has 0 saturated heterocycles. The van der Waals surface area contributed by atoms with Gasteiger partial charge in [-0.2, -0.15) is 0 Å². The van der Waals surface area contributed by atoms with Crippen LogP contribution in [0.4, 0.5) is 0 Å². The lowest BCUT2D eigenvalue weighted by atomic mass is 9.98. The molecule has 0 bridgehead atoms. The predicted molar refractivity (Wildman–Crippen MR) is 203 cm³/mol. The molecule has 0 radical (unpaired) electrons. The Labute approximate surface area is 282 Å². The van der Waals surface area contributed by atoms with E-state index in [2.05, 4.69) is 132 Å². The van der Waals surface area contributed by atoms with Gasteiger partial charge in [-0.3, -0.25) is 0 Å². The molecular formula is C45H28N4. The number of hydrogen-bond acceptors (Lipinski definition) is 3. The van der Waals surface area contributed by atoms with Crippen LogP contribution in [0.2, 0.25) is 0 Å². The minimum absolute atomic E-state index is 0.601.